The predicted octanol–water partition coefficient (Wildman–Crippen LogP) is 31.1. The van der Waals surface area contributed by atoms with Crippen LogP contribution in [-0.4, -0.2) is 95.8 Å². The summed E-state index contributed by atoms with van der Waals surface area (Å²) >= 11 is 23.9. The van der Waals surface area contributed by atoms with Crippen molar-refractivity contribution in [3.63, 3.8) is 0 Å². The molecule has 0 amide bonds. The summed E-state index contributed by atoms with van der Waals surface area (Å²) in [6.07, 6.45) is 2.09. The molecule has 0 saturated carbocycles. The summed E-state index contributed by atoms with van der Waals surface area (Å²) in [7, 11) is 3.06. The van der Waals surface area contributed by atoms with E-state index >= 15 is 0 Å². The van der Waals surface area contributed by atoms with Crippen molar-refractivity contribution in [2.24, 2.45) is 0 Å². The first-order chi connectivity index (χ1) is 64.4. The Hall–Kier alpha value is -6.94. The molecule has 0 bridgehead atoms. The zero-order valence-corrected chi connectivity index (χ0v) is 95.9. The summed E-state index contributed by atoms with van der Waals surface area (Å²) in [5.74, 6) is 3.30. The van der Waals surface area contributed by atoms with E-state index in [0.717, 1.165) is 0 Å². The Morgan fingerprint density at radius 1 is 0.341 bits per heavy atom. The molecule has 0 unspecified atom stereocenters. The molecule has 0 atom stereocenters. The minimum Gasteiger partial charge on any atom is -0.134 e. The normalized spacial score (nSPS) is 11.2. The van der Waals surface area contributed by atoms with Gasteiger partial charge < -0.3 is 0 Å². The van der Waals surface area contributed by atoms with Crippen LogP contribution in [0.15, 0.2) is 414 Å². The Morgan fingerprint density at radius 3 is 1.32 bits per heavy atom. The van der Waals surface area contributed by atoms with Crippen LogP contribution in [0.4, 0.5) is 0 Å². The van der Waals surface area contributed by atoms with Crippen molar-refractivity contribution >= 4 is 404 Å². The fraction of sp³-hybridized carbons (Fsp3) is 0.0619. The second-order valence-electron chi connectivity index (χ2n) is 32.4. The third-order valence-corrected chi connectivity index (χ3v) is 51.6. The topological polar surface area (TPSA) is 0 Å². The molecule has 0 aliphatic heterocycles. The van der Waals surface area contributed by atoms with Crippen LogP contribution in [0, 0.1) is 17.2 Å². The first kappa shape index (κ1) is 96.7. The third kappa shape index (κ3) is 24.6. The Labute approximate surface area is 874 Å². The van der Waals surface area contributed by atoms with Crippen molar-refractivity contribution in [3.8, 4) is 11.5 Å². The first-order valence-corrected chi connectivity index (χ1v) is 69.6. The SMILES string of the molecule is CSc1ccccc1C#C[Si](C)(C)C.C[Si](C)(C)c1sc2ccccc2c1[Se]c1ccccc1.Cl[Se]c1ccccc1.Ic1sc2cc3ccccc3cc2c1Sc1ccccc1.Ic1sc2ccccc2c1[Se]c1ccccc1.c1ccc([Se]c2csc3ccccc23)cc1.c1ccc2c(c1)sc1c3ccccc3[se]c21.c1ccc2cc3c(cc2c1)sc1c2ccccc2sc31. The molecule has 0 aliphatic rings. The molecule has 0 nitrogen and oxygen atoms in total. The second kappa shape index (κ2) is 46.5. The summed E-state index contributed by atoms with van der Waals surface area (Å²) in [6, 6.07) is 141. The number of fused-ring (bicyclic) bond motifs is 16. The summed E-state index contributed by atoms with van der Waals surface area (Å²) in [5.41, 5.74) is 4.56. The summed E-state index contributed by atoms with van der Waals surface area (Å²) in [6.45, 7) is 14.2. The molecule has 8 heterocycles. The van der Waals surface area contributed by atoms with Crippen molar-refractivity contribution in [1.82, 2.24) is 0 Å². The molecule has 19 heteroatoms. The van der Waals surface area contributed by atoms with E-state index in [0.29, 0.717) is 59.4 Å². The maximum Gasteiger partial charge on any atom is 0.0542 e. The number of hydrogen-bond donors (Lipinski definition) is 0. The smallest absolute Gasteiger partial charge is 0.0542 e. The van der Waals surface area contributed by atoms with Crippen LogP contribution < -0.4 is 35.7 Å². The average molecular weight is 2470 g/mol. The van der Waals surface area contributed by atoms with Gasteiger partial charge in [-0.15, -0.1) is 51.3 Å². The Bertz CT molecular complexity index is 8010. The van der Waals surface area contributed by atoms with Gasteiger partial charge in [-0.3, -0.25) is 0 Å². The number of halogens is 3. The van der Waals surface area contributed by atoms with E-state index < -0.39 is 16.1 Å². The van der Waals surface area contributed by atoms with Crippen LogP contribution in [0.1, 0.15) is 5.56 Å². The van der Waals surface area contributed by atoms with Gasteiger partial charge in [-0.05, 0) is 105 Å². The van der Waals surface area contributed by atoms with E-state index in [4.69, 9.17) is 10.1 Å². The van der Waals surface area contributed by atoms with Gasteiger partial charge in [0.15, 0.2) is 0 Å². The van der Waals surface area contributed by atoms with Crippen LogP contribution in [0.2, 0.25) is 39.3 Å². The van der Waals surface area contributed by atoms with Crippen LogP contribution in [-0.2, 0) is 0 Å². The van der Waals surface area contributed by atoms with Crippen LogP contribution >= 0.6 is 158 Å². The van der Waals surface area contributed by atoms with Crippen molar-refractivity contribution in [3.05, 3.63) is 411 Å². The quantitative estimate of drug-likeness (QED) is 0.0548. The van der Waals surface area contributed by atoms with Gasteiger partial charge in [0.05, 0.1) is 12.3 Å². The predicted molar refractivity (Wildman–Crippen MR) is 630 cm³/mol. The molecule has 0 saturated heterocycles. The van der Waals surface area contributed by atoms with Gasteiger partial charge in [0.25, 0.3) is 0 Å². The second-order valence-corrected chi connectivity index (χ2v) is 66.5. The fourth-order valence-corrected chi connectivity index (χ4v) is 43.2. The van der Waals surface area contributed by atoms with Crippen LogP contribution in [0.25, 0.3) is 120 Å². The fourth-order valence-electron chi connectivity index (χ4n) is 14.5. The Balaban J connectivity index is 0.000000106. The van der Waals surface area contributed by atoms with Gasteiger partial charge in [0.2, 0.25) is 0 Å². The van der Waals surface area contributed by atoms with Crippen LogP contribution in [0.5, 0.6) is 0 Å². The number of thiophene rings is 7. The molecule has 0 aliphatic carbocycles. The van der Waals surface area contributed by atoms with E-state index in [9.17, 15) is 0 Å². The standard InChI is InChI=1S/C18H11IS2.C18H10S2.C17H18SSeSi.C14H9ISSe.C14H8SSe.C14H10SSe.C12H16SSi.C6H5ClSe/c19-18-17(20-14-8-2-1-3-9-14)15-10-12-6-4-5-7-13(12)11-16(15)21-18;1-2-6-12-10-16-14(9-11(12)5-1)18-17(20-16)13-7-3-4-8-15(13)19-18;1-20(2,3)17-16(19-13-9-5-4-6-10-13)14-11-7-8-12-15(14)18-17;15-14-13(17-10-6-2-1-3-7-10)11-8-4-5-9-12(11)16-14;1-3-7-11-9(5-1)14-13(15-11)10-6-2-4-8-12(10)16-14;1-2-6-11(7-3-1)16-14-10-15-13-9-5-4-8-12(13)14;1-13-12-8-6-5-7-11(12)9-10-14(2,3)4;7-8-6-4-2-1-3-5-6/h1-11H;1-10H;4-12H,1-3H3;1-9H;1-8H;1-10H;5-8H,1-4H3;1-5H. The van der Waals surface area contributed by atoms with Crippen molar-refractivity contribution in [2.45, 2.75) is 54.0 Å². The number of hydrogen-bond acceptors (Lipinski definition) is 9. The molecule has 24 rings (SSSR count). The number of thioether (sulfide) groups is 1. The number of benzene rings is 16. The van der Waals surface area contributed by atoms with Gasteiger partial charge in [-0.1, -0.05) is 134 Å². The van der Waals surface area contributed by atoms with Gasteiger partial charge in [0, 0.05) is 50.5 Å². The summed E-state index contributed by atoms with van der Waals surface area (Å²) in [5, 5.41) is 19.1. The van der Waals surface area contributed by atoms with Gasteiger partial charge >= 0.3 is 525 Å². The van der Waals surface area contributed by atoms with E-state index in [1.54, 1.807) is 29.2 Å². The van der Waals surface area contributed by atoms with E-state index in [-0.39, 0.29) is 14.0 Å². The molecule has 0 N–H and O–H groups in total. The molecule has 0 radical (unpaired) electrons. The van der Waals surface area contributed by atoms with Gasteiger partial charge in [-0.2, -0.15) is 0 Å². The minimum atomic E-state index is -1.28. The van der Waals surface area contributed by atoms with E-state index in [1.165, 1.54) is 164 Å². The minimum absolute atomic E-state index is 0.140. The van der Waals surface area contributed by atoms with Crippen molar-refractivity contribution in [1.29, 1.82) is 0 Å². The Kier molecular flexibility index (Phi) is 34.1. The summed E-state index contributed by atoms with van der Waals surface area (Å²) < 4.78 is 32.1. The maximum absolute atomic E-state index is 5.59. The van der Waals surface area contributed by atoms with Crippen LogP contribution in [0.3, 0.4) is 0 Å². The summed E-state index contributed by atoms with van der Waals surface area (Å²) in [4.78, 5) is 3.95. The molecular weight excluding hydrogens is 2390 g/mol. The van der Waals surface area contributed by atoms with E-state index in [2.05, 4.69) is 465 Å². The molecule has 0 spiro atoms. The molecule has 8 aromatic heterocycles. The van der Waals surface area contributed by atoms with E-state index in [1.807, 2.05) is 128 Å². The third-order valence-electron chi connectivity index (χ3n) is 20.8. The molecule has 652 valence electrons. The largest absolute Gasteiger partial charge is 0.134 e. The molecule has 16 aromatic carbocycles. The molecule has 0 fully saturated rings. The van der Waals surface area contributed by atoms with Gasteiger partial charge in [-0.25, -0.2) is 0 Å². The average Bonchev–Trinajstić information content (AvgIpc) is 1.61. The monoisotopic (exact) mass is 2480 g/mol. The molecule has 24 aromatic rings. The van der Waals surface area contributed by atoms with Crippen molar-refractivity contribution < 1.29 is 0 Å². The van der Waals surface area contributed by atoms with Gasteiger partial charge in [0.1, 0.15) is 8.07 Å². The number of rotatable bonds is 11. The maximum atomic E-state index is 5.59. The molecule has 132 heavy (non-hydrogen) atoms. The molecular formula is C113H87ClI2S9Se5Si2. The Morgan fingerprint density at radius 2 is 0.750 bits per heavy atom. The zero-order chi connectivity index (χ0) is 90.9. The zero-order valence-electron chi connectivity index (χ0n) is 73.0. The first-order valence-electron chi connectivity index (χ1n) is 42.6. The van der Waals surface area contributed by atoms with Crippen molar-refractivity contribution in [2.75, 3.05) is 6.26 Å².